The van der Waals surface area contributed by atoms with E-state index in [-0.39, 0.29) is 6.61 Å². The lowest BCUT2D eigenvalue weighted by Gasteiger charge is -2.00. The minimum atomic E-state index is -1.51. The molecule has 0 fully saturated rings. The molecule has 0 aliphatic heterocycles. The number of ether oxygens (including phenoxy) is 1. The zero-order valence-electron chi connectivity index (χ0n) is 7.18. The predicted octanol–water partition coefficient (Wildman–Crippen LogP) is 1.22. The molecule has 0 saturated carbocycles. The summed E-state index contributed by atoms with van der Waals surface area (Å²) in [5, 5.41) is 9.38. The molecule has 0 N–H and O–H groups in total. The van der Waals surface area contributed by atoms with E-state index in [2.05, 4.69) is 11.3 Å². The molecule has 0 radical (unpaired) electrons. The second-order valence-electron chi connectivity index (χ2n) is 2.00. The summed E-state index contributed by atoms with van der Waals surface area (Å²) in [6.45, 7) is 3.22. The Balaban J connectivity index is 0.000000223. The highest BCUT2D eigenvalue weighted by Crippen LogP contribution is 1.79. The Hall–Kier alpha value is -1.77. The van der Waals surface area contributed by atoms with E-state index in [1.807, 2.05) is 36.4 Å². The van der Waals surface area contributed by atoms with Crippen molar-refractivity contribution in [3.63, 3.8) is 0 Å². The molecule has 1 aromatic rings. The van der Waals surface area contributed by atoms with Crippen molar-refractivity contribution in [2.24, 2.45) is 0 Å². The van der Waals surface area contributed by atoms with Gasteiger partial charge in [0.2, 0.25) is 0 Å². The topological polar surface area (TPSA) is 49.4 Å². The van der Waals surface area contributed by atoms with E-state index in [9.17, 15) is 9.90 Å². The molecule has 0 aliphatic rings. The summed E-state index contributed by atoms with van der Waals surface area (Å²) in [5.41, 5.74) is 0. The molecule has 3 heteroatoms. The van der Waals surface area contributed by atoms with E-state index >= 15 is 0 Å². The number of benzene rings is 1. The van der Waals surface area contributed by atoms with Crippen LogP contribution in [0.4, 0.5) is 4.79 Å². The van der Waals surface area contributed by atoms with Gasteiger partial charge in [-0.2, -0.15) is 0 Å². The summed E-state index contributed by atoms with van der Waals surface area (Å²) in [6.07, 6.45) is -0.185. The molecule has 0 aliphatic carbocycles. The summed E-state index contributed by atoms with van der Waals surface area (Å²) < 4.78 is 3.88. The van der Waals surface area contributed by atoms with Crippen LogP contribution in [0.2, 0.25) is 0 Å². The van der Waals surface area contributed by atoms with Gasteiger partial charge in [0.25, 0.3) is 6.16 Å². The van der Waals surface area contributed by atoms with Gasteiger partial charge in [0.1, 0.15) is 0 Å². The zero-order valence-corrected chi connectivity index (χ0v) is 7.18. The zero-order chi connectivity index (χ0) is 9.94. The maximum absolute atomic E-state index is 9.38. The lowest BCUT2D eigenvalue weighted by molar-refractivity contribution is -0.281. The monoisotopic (exact) mass is 179 g/mol. The van der Waals surface area contributed by atoms with E-state index < -0.39 is 6.16 Å². The molecular weight excluding hydrogens is 168 g/mol. The van der Waals surface area contributed by atoms with Gasteiger partial charge in [-0.1, -0.05) is 42.5 Å². The average Bonchev–Trinajstić information content (AvgIpc) is 2.18. The second-order valence-corrected chi connectivity index (χ2v) is 2.00. The van der Waals surface area contributed by atoms with E-state index in [0.29, 0.717) is 0 Å². The second kappa shape index (κ2) is 8.33. The van der Waals surface area contributed by atoms with Gasteiger partial charge in [-0.05, 0) is 0 Å². The van der Waals surface area contributed by atoms with Gasteiger partial charge in [0, 0.05) is 6.61 Å². The first-order valence-corrected chi connectivity index (χ1v) is 3.72. The molecule has 0 bridgehead atoms. The van der Waals surface area contributed by atoms with Gasteiger partial charge in [-0.3, -0.25) is 0 Å². The van der Waals surface area contributed by atoms with Crippen LogP contribution in [-0.4, -0.2) is 12.8 Å². The highest BCUT2D eigenvalue weighted by molar-refractivity contribution is 5.54. The van der Waals surface area contributed by atoms with Gasteiger partial charge < -0.3 is 14.6 Å². The van der Waals surface area contributed by atoms with Crippen molar-refractivity contribution >= 4 is 6.16 Å². The van der Waals surface area contributed by atoms with E-state index in [0.717, 1.165) is 0 Å². The first-order chi connectivity index (χ1) is 6.27. The van der Waals surface area contributed by atoms with Crippen molar-refractivity contribution in [3.8, 4) is 0 Å². The molecule has 0 unspecified atom stereocenters. The van der Waals surface area contributed by atoms with Gasteiger partial charge in [0.05, 0.1) is 0 Å². The summed E-state index contributed by atoms with van der Waals surface area (Å²) in [5.74, 6) is 0. The molecule has 1 rings (SSSR count). The third-order valence-corrected chi connectivity index (χ3v) is 0.986. The van der Waals surface area contributed by atoms with Crippen LogP contribution in [-0.2, 0) is 4.74 Å². The van der Waals surface area contributed by atoms with Crippen molar-refractivity contribution in [3.05, 3.63) is 49.1 Å². The van der Waals surface area contributed by atoms with Crippen molar-refractivity contribution < 1.29 is 14.6 Å². The number of carbonyl (C=O) groups excluding carboxylic acids is 1. The highest BCUT2D eigenvalue weighted by Gasteiger charge is 1.73. The Kier molecular flexibility index (Phi) is 7.19. The standard InChI is InChI=1S/C6H6.C4H6O3/c1-2-4-6-5-3-1;1-2-3-7-4(5)6/h1-6H;2H,1,3H2,(H,5,6)/p-1. The molecule has 70 valence electrons. The molecule has 0 heterocycles. The minimum Gasteiger partial charge on any atom is -0.546 e. The minimum absolute atomic E-state index is 0.00231. The summed E-state index contributed by atoms with van der Waals surface area (Å²) in [4.78, 5) is 9.38. The van der Waals surface area contributed by atoms with Crippen LogP contribution < -0.4 is 5.11 Å². The average molecular weight is 179 g/mol. The first-order valence-electron chi connectivity index (χ1n) is 3.72. The van der Waals surface area contributed by atoms with E-state index in [1.165, 1.54) is 6.08 Å². The Bertz CT molecular complexity index is 204. The van der Waals surface area contributed by atoms with Crippen molar-refractivity contribution in [1.82, 2.24) is 0 Å². The van der Waals surface area contributed by atoms with Crippen LogP contribution in [0.3, 0.4) is 0 Å². The normalized spacial score (nSPS) is 7.69. The van der Waals surface area contributed by atoms with Gasteiger partial charge in [-0.15, -0.1) is 6.58 Å². The Morgan fingerprint density at radius 1 is 1.23 bits per heavy atom. The smallest absolute Gasteiger partial charge is 0.252 e. The Morgan fingerprint density at radius 3 is 1.77 bits per heavy atom. The highest BCUT2D eigenvalue weighted by atomic mass is 16.7. The third-order valence-electron chi connectivity index (χ3n) is 0.986. The number of carbonyl (C=O) groups is 1. The maximum atomic E-state index is 9.38. The van der Waals surface area contributed by atoms with E-state index in [4.69, 9.17) is 0 Å². The van der Waals surface area contributed by atoms with Gasteiger partial charge >= 0.3 is 0 Å². The van der Waals surface area contributed by atoms with Crippen LogP contribution in [0, 0.1) is 0 Å². The Labute approximate surface area is 77.3 Å². The van der Waals surface area contributed by atoms with Crippen LogP contribution in [0.5, 0.6) is 0 Å². The quantitative estimate of drug-likeness (QED) is 0.506. The van der Waals surface area contributed by atoms with Crippen LogP contribution >= 0.6 is 0 Å². The van der Waals surface area contributed by atoms with Crippen molar-refractivity contribution in [1.29, 1.82) is 0 Å². The number of carboxylic acid groups (broad SMARTS) is 1. The van der Waals surface area contributed by atoms with Gasteiger partial charge in [-0.25, -0.2) is 0 Å². The summed E-state index contributed by atoms with van der Waals surface area (Å²) in [6, 6.07) is 12.0. The fourth-order valence-corrected chi connectivity index (χ4v) is 0.512. The molecule has 1 aromatic carbocycles. The molecule has 3 nitrogen and oxygen atoms in total. The lowest BCUT2D eigenvalue weighted by Crippen LogP contribution is -2.23. The molecule has 0 saturated heterocycles. The maximum Gasteiger partial charge on any atom is 0.252 e. The fourth-order valence-electron chi connectivity index (χ4n) is 0.512. The SMILES string of the molecule is C=CCOC(=O)[O-].c1ccccc1. The van der Waals surface area contributed by atoms with Crippen LogP contribution in [0.1, 0.15) is 0 Å². The summed E-state index contributed by atoms with van der Waals surface area (Å²) in [7, 11) is 0. The first kappa shape index (κ1) is 11.2. The third kappa shape index (κ3) is 10.2. The molecule has 0 atom stereocenters. The van der Waals surface area contributed by atoms with Crippen molar-refractivity contribution in [2.45, 2.75) is 0 Å². The predicted molar refractivity (Wildman–Crippen MR) is 48.0 cm³/mol. The van der Waals surface area contributed by atoms with Gasteiger partial charge in [0.15, 0.2) is 0 Å². The number of hydrogen-bond acceptors (Lipinski definition) is 3. The number of hydrogen-bond donors (Lipinski definition) is 0. The van der Waals surface area contributed by atoms with Crippen LogP contribution in [0.15, 0.2) is 49.1 Å². The Morgan fingerprint density at radius 2 is 1.62 bits per heavy atom. The number of rotatable bonds is 2. The molecule has 0 amide bonds. The largest absolute Gasteiger partial charge is 0.546 e. The van der Waals surface area contributed by atoms with Crippen molar-refractivity contribution in [2.75, 3.05) is 6.61 Å². The molecule has 13 heavy (non-hydrogen) atoms. The molecule has 0 aromatic heterocycles. The molecular formula is C10H11O3-. The van der Waals surface area contributed by atoms with Crippen LogP contribution in [0.25, 0.3) is 0 Å². The molecule has 0 spiro atoms. The summed E-state index contributed by atoms with van der Waals surface area (Å²) >= 11 is 0. The van der Waals surface area contributed by atoms with E-state index in [1.54, 1.807) is 0 Å². The lowest BCUT2D eigenvalue weighted by atomic mass is 10.4. The fraction of sp³-hybridized carbons (Fsp3) is 0.100.